The van der Waals surface area contributed by atoms with Crippen molar-refractivity contribution in [1.29, 1.82) is 0 Å². The van der Waals surface area contributed by atoms with E-state index in [1.807, 2.05) is 30.3 Å². The Morgan fingerprint density at radius 2 is 1.76 bits per heavy atom. The van der Waals surface area contributed by atoms with E-state index < -0.39 is 0 Å². The molecule has 4 nitrogen and oxygen atoms in total. The van der Waals surface area contributed by atoms with E-state index in [1.165, 1.54) is 5.56 Å². The molecule has 0 heterocycles. The number of hydrogen-bond acceptors (Lipinski definition) is 3. The number of hydrogen-bond donors (Lipinski definition) is 3. The first kappa shape index (κ1) is 15.1. The molecule has 110 valence electrons. The maximum Gasteiger partial charge on any atom is 0.170 e. The van der Waals surface area contributed by atoms with Gasteiger partial charge in [-0.3, -0.25) is 0 Å². The van der Waals surface area contributed by atoms with E-state index in [4.69, 9.17) is 10.9 Å². The molecular formula is C17H21N3O. The Balaban J connectivity index is 1.79. The fourth-order valence-corrected chi connectivity index (χ4v) is 2.26. The monoisotopic (exact) mass is 283 g/mol. The van der Waals surface area contributed by atoms with Crippen molar-refractivity contribution >= 4 is 5.84 Å². The van der Waals surface area contributed by atoms with Crippen LogP contribution in [0.25, 0.3) is 0 Å². The highest BCUT2D eigenvalue weighted by atomic mass is 16.4. The van der Waals surface area contributed by atoms with Gasteiger partial charge in [-0.15, -0.1) is 0 Å². The van der Waals surface area contributed by atoms with Crippen molar-refractivity contribution in [2.75, 3.05) is 6.54 Å². The Kier molecular flexibility index (Phi) is 5.79. The second-order valence-corrected chi connectivity index (χ2v) is 4.91. The highest BCUT2D eigenvalue weighted by Gasteiger charge is 2.05. The van der Waals surface area contributed by atoms with Crippen LogP contribution in [0, 0.1) is 0 Å². The fraction of sp³-hybridized carbons (Fsp3) is 0.235. The summed E-state index contributed by atoms with van der Waals surface area (Å²) in [7, 11) is 0. The summed E-state index contributed by atoms with van der Waals surface area (Å²) in [6, 6.07) is 18.1. The number of oxime groups is 1. The topological polar surface area (TPSA) is 70.6 Å². The molecule has 0 saturated heterocycles. The number of nitrogens with one attached hydrogen (secondary N) is 1. The van der Waals surface area contributed by atoms with E-state index in [1.54, 1.807) is 0 Å². The largest absolute Gasteiger partial charge is 0.409 e. The smallest absolute Gasteiger partial charge is 0.170 e. The molecule has 0 aliphatic rings. The molecule has 0 aromatic heterocycles. The maximum atomic E-state index is 8.79. The Morgan fingerprint density at radius 1 is 1.05 bits per heavy atom. The molecule has 0 aliphatic heterocycles. The van der Waals surface area contributed by atoms with Crippen LogP contribution in [0.2, 0.25) is 0 Å². The van der Waals surface area contributed by atoms with Gasteiger partial charge in [-0.05, 0) is 30.5 Å². The van der Waals surface area contributed by atoms with Crippen LogP contribution in [-0.2, 0) is 13.0 Å². The minimum absolute atomic E-state index is 0.150. The Morgan fingerprint density at radius 3 is 2.52 bits per heavy atom. The molecule has 0 spiro atoms. The third-order valence-corrected chi connectivity index (χ3v) is 3.38. The molecule has 0 aliphatic carbocycles. The first-order chi connectivity index (χ1) is 10.3. The zero-order valence-corrected chi connectivity index (χ0v) is 12.0. The van der Waals surface area contributed by atoms with E-state index in [-0.39, 0.29) is 5.84 Å². The van der Waals surface area contributed by atoms with Gasteiger partial charge in [-0.25, -0.2) is 0 Å². The Hall–Kier alpha value is -2.33. The minimum Gasteiger partial charge on any atom is -0.409 e. The lowest BCUT2D eigenvalue weighted by Crippen LogP contribution is -2.20. The molecule has 2 rings (SSSR count). The van der Waals surface area contributed by atoms with Gasteiger partial charge in [-0.2, -0.15) is 0 Å². The average Bonchev–Trinajstić information content (AvgIpc) is 2.55. The summed E-state index contributed by atoms with van der Waals surface area (Å²) in [6.45, 7) is 1.64. The molecular weight excluding hydrogens is 262 g/mol. The van der Waals surface area contributed by atoms with Crippen LogP contribution in [0.5, 0.6) is 0 Å². The standard InChI is InChI=1S/C17H21N3O/c18-17(20-21)16-11-5-4-10-15(16)13-19-12-6-9-14-7-2-1-3-8-14/h1-5,7-8,10-11,19,21H,6,9,12-13H2,(H2,18,20). The van der Waals surface area contributed by atoms with Crippen molar-refractivity contribution in [2.45, 2.75) is 19.4 Å². The van der Waals surface area contributed by atoms with Crippen LogP contribution in [-0.4, -0.2) is 17.6 Å². The molecule has 4 N–H and O–H groups in total. The van der Waals surface area contributed by atoms with Crippen LogP contribution in [0.3, 0.4) is 0 Å². The normalized spacial score (nSPS) is 11.5. The second kappa shape index (κ2) is 8.07. The van der Waals surface area contributed by atoms with Gasteiger partial charge < -0.3 is 16.3 Å². The number of rotatable bonds is 7. The van der Waals surface area contributed by atoms with E-state index in [0.717, 1.165) is 30.5 Å². The molecule has 0 bridgehead atoms. The van der Waals surface area contributed by atoms with E-state index in [2.05, 4.69) is 34.7 Å². The lowest BCUT2D eigenvalue weighted by atomic mass is 10.1. The Bertz CT molecular complexity index is 582. The lowest BCUT2D eigenvalue weighted by molar-refractivity contribution is 0.318. The van der Waals surface area contributed by atoms with E-state index >= 15 is 0 Å². The van der Waals surface area contributed by atoms with Crippen LogP contribution < -0.4 is 11.1 Å². The van der Waals surface area contributed by atoms with E-state index in [9.17, 15) is 0 Å². The molecule has 4 heteroatoms. The summed E-state index contributed by atoms with van der Waals surface area (Å²) in [4.78, 5) is 0. The van der Waals surface area contributed by atoms with Crippen molar-refractivity contribution in [3.63, 3.8) is 0 Å². The summed E-state index contributed by atoms with van der Waals surface area (Å²) in [5, 5.41) is 15.3. The van der Waals surface area contributed by atoms with Gasteiger partial charge in [0, 0.05) is 12.1 Å². The molecule has 21 heavy (non-hydrogen) atoms. The number of benzene rings is 2. The van der Waals surface area contributed by atoms with Gasteiger partial charge in [0.25, 0.3) is 0 Å². The summed E-state index contributed by atoms with van der Waals surface area (Å²) >= 11 is 0. The number of nitrogens with zero attached hydrogens (tertiary/aromatic N) is 1. The van der Waals surface area contributed by atoms with Gasteiger partial charge in [0.15, 0.2) is 5.84 Å². The predicted molar refractivity (Wildman–Crippen MR) is 85.4 cm³/mol. The van der Waals surface area contributed by atoms with Gasteiger partial charge >= 0.3 is 0 Å². The second-order valence-electron chi connectivity index (χ2n) is 4.91. The summed E-state index contributed by atoms with van der Waals surface area (Å²) in [5.41, 5.74) is 8.84. The van der Waals surface area contributed by atoms with Crippen molar-refractivity contribution in [3.05, 3.63) is 71.3 Å². The number of amidine groups is 1. The van der Waals surface area contributed by atoms with Crippen molar-refractivity contribution in [2.24, 2.45) is 10.9 Å². The molecule has 0 radical (unpaired) electrons. The zero-order chi connectivity index (χ0) is 14.9. The summed E-state index contributed by atoms with van der Waals surface area (Å²) < 4.78 is 0. The number of nitrogens with two attached hydrogens (primary N) is 1. The third-order valence-electron chi connectivity index (χ3n) is 3.38. The minimum atomic E-state index is 0.150. The molecule has 0 fully saturated rings. The quantitative estimate of drug-likeness (QED) is 0.240. The van der Waals surface area contributed by atoms with Gasteiger partial charge in [0.1, 0.15) is 0 Å². The van der Waals surface area contributed by atoms with Crippen LogP contribution in [0.15, 0.2) is 59.8 Å². The van der Waals surface area contributed by atoms with Crippen LogP contribution in [0.4, 0.5) is 0 Å². The molecule has 0 amide bonds. The highest BCUT2D eigenvalue weighted by molar-refractivity contribution is 5.98. The van der Waals surface area contributed by atoms with Crippen molar-refractivity contribution in [3.8, 4) is 0 Å². The number of aryl methyl sites for hydroxylation is 1. The summed E-state index contributed by atoms with van der Waals surface area (Å²) in [5.74, 6) is 0.150. The molecule has 2 aromatic carbocycles. The van der Waals surface area contributed by atoms with Gasteiger partial charge in [-0.1, -0.05) is 59.8 Å². The van der Waals surface area contributed by atoms with Gasteiger partial charge in [0.05, 0.1) is 0 Å². The molecule has 0 unspecified atom stereocenters. The highest BCUT2D eigenvalue weighted by Crippen LogP contribution is 2.08. The predicted octanol–water partition coefficient (Wildman–Crippen LogP) is 2.50. The first-order valence-electron chi connectivity index (χ1n) is 7.11. The van der Waals surface area contributed by atoms with Crippen LogP contribution in [0.1, 0.15) is 23.1 Å². The first-order valence-corrected chi connectivity index (χ1v) is 7.11. The van der Waals surface area contributed by atoms with Gasteiger partial charge in [0.2, 0.25) is 0 Å². The zero-order valence-electron chi connectivity index (χ0n) is 12.0. The lowest BCUT2D eigenvalue weighted by Gasteiger charge is -2.09. The molecule has 0 saturated carbocycles. The molecule has 0 atom stereocenters. The van der Waals surface area contributed by atoms with Crippen molar-refractivity contribution in [1.82, 2.24) is 5.32 Å². The average molecular weight is 283 g/mol. The third kappa shape index (κ3) is 4.61. The van der Waals surface area contributed by atoms with Crippen LogP contribution >= 0.6 is 0 Å². The SMILES string of the molecule is NC(=NO)c1ccccc1CNCCCc1ccccc1. The fourth-order valence-electron chi connectivity index (χ4n) is 2.26. The van der Waals surface area contributed by atoms with Crippen molar-refractivity contribution < 1.29 is 5.21 Å². The maximum absolute atomic E-state index is 8.79. The Labute approximate surface area is 125 Å². The molecule has 2 aromatic rings. The summed E-state index contributed by atoms with van der Waals surface area (Å²) in [6.07, 6.45) is 2.14. The van der Waals surface area contributed by atoms with E-state index in [0.29, 0.717) is 6.54 Å².